The monoisotopic (exact) mass is 691 g/mol. The van der Waals surface area contributed by atoms with Crippen molar-refractivity contribution < 1.29 is 8.42 Å². The molecule has 1 unspecified atom stereocenters. The molecule has 49 heavy (non-hydrogen) atoms. The minimum atomic E-state index is -3.41. The molecule has 1 saturated heterocycles. The van der Waals surface area contributed by atoms with Crippen LogP contribution in [0.3, 0.4) is 0 Å². The van der Waals surface area contributed by atoms with Crippen LogP contribution in [0.5, 0.6) is 0 Å². The molecule has 0 amide bonds. The molecule has 2 aromatic heterocycles. The SMILES string of the molecule is CC(C)(C)c1cc2cn(-c3ccc(CNCCCN=C(N)N)cc3)c(=O)nc2[nH]1.CC(C)(C)c1ccc(S(=O)(=O)NC2CCCNC2)cc1. The molecule has 0 aliphatic carbocycles. The number of aromatic amines is 1. The highest BCUT2D eigenvalue weighted by Crippen LogP contribution is 2.25. The lowest BCUT2D eigenvalue weighted by Gasteiger charge is -2.24. The third-order valence-corrected chi connectivity index (χ3v) is 9.85. The van der Waals surface area contributed by atoms with Crippen molar-refractivity contribution >= 4 is 27.0 Å². The van der Waals surface area contributed by atoms with Gasteiger partial charge in [0, 0.05) is 48.4 Å². The second-order valence-electron chi connectivity index (χ2n) is 14.6. The highest BCUT2D eigenvalue weighted by Gasteiger charge is 2.23. The minimum Gasteiger partial charge on any atom is -0.370 e. The Morgan fingerprint density at radius 1 is 1.02 bits per heavy atom. The fraction of sp³-hybridized carbons (Fsp3) is 0.472. The molecular weight excluding hydrogens is 639 g/mol. The summed E-state index contributed by atoms with van der Waals surface area (Å²) < 4.78 is 29.0. The number of hydrogen-bond acceptors (Lipinski definition) is 7. The summed E-state index contributed by atoms with van der Waals surface area (Å²) in [5.41, 5.74) is 15.0. The lowest BCUT2D eigenvalue weighted by atomic mass is 9.87. The van der Waals surface area contributed by atoms with E-state index in [1.54, 1.807) is 16.7 Å². The summed E-state index contributed by atoms with van der Waals surface area (Å²) in [5, 5.41) is 7.48. The number of piperidine rings is 1. The predicted octanol–water partition coefficient (Wildman–Crippen LogP) is 3.78. The van der Waals surface area contributed by atoms with Gasteiger partial charge in [-0.25, -0.2) is 17.9 Å². The molecule has 5 rings (SSSR count). The summed E-state index contributed by atoms with van der Waals surface area (Å²) in [6, 6.07) is 17.1. The van der Waals surface area contributed by atoms with E-state index in [2.05, 4.69) is 77.9 Å². The van der Waals surface area contributed by atoms with Gasteiger partial charge in [0.15, 0.2) is 5.96 Å². The Bertz CT molecular complexity index is 1860. The molecule has 12 nitrogen and oxygen atoms in total. The number of benzene rings is 2. The molecule has 1 aliphatic heterocycles. The van der Waals surface area contributed by atoms with Crippen molar-refractivity contribution in [3.63, 3.8) is 0 Å². The van der Waals surface area contributed by atoms with Crippen molar-refractivity contribution in [3.8, 4) is 5.69 Å². The zero-order valence-corrected chi connectivity index (χ0v) is 30.5. The first-order chi connectivity index (χ1) is 23.0. The molecule has 8 N–H and O–H groups in total. The van der Waals surface area contributed by atoms with Gasteiger partial charge in [-0.2, -0.15) is 4.98 Å². The normalized spacial score (nSPS) is 15.4. The fourth-order valence-corrected chi connectivity index (χ4v) is 6.65. The number of nitrogens with zero attached hydrogens (tertiary/aromatic N) is 3. The number of aromatic nitrogens is 3. The van der Waals surface area contributed by atoms with Crippen LogP contribution in [0.25, 0.3) is 16.7 Å². The zero-order chi connectivity index (χ0) is 35.8. The number of H-pyrrole nitrogens is 1. The van der Waals surface area contributed by atoms with Crippen LogP contribution in [0.1, 0.15) is 77.6 Å². The molecule has 1 aliphatic rings. The quantitative estimate of drug-likeness (QED) is 0.0824. The van der Waals surface area contributed by atoms with Gasteiger partial charge in [-0.3, -0.25) is 9.56 Å². The molecule has 3 heterocycles. The first kappa shape index (κ1) is 37.8. The van der Waals surface area contributed by atoms with E-state index in [0.717, 1.165) is 66.8 Å². The summed E-state index contributed by atoms with van der Waals surface area (Å²) >= 11 is 0. The molecule has 266 valence electrons. The van der Waals surface area contributed by atoms with Crippen molar-refractivity contribution in [1.82, 2.24) is 29.9 Å². The molecule has 13 heteroatoms. The van der Waals surface area contributed by atoms with Gasteiger partial charge in [-0.05, 0) is 79.2 Å². The Kier molecular flexibility index (Phi) is 12.4. The van der Waals surface area contributed by atoms with Crippen molar-refractivity contribution in [2.45, 2.75) is 89.1 Å². The van der Waals surface area contributed by atoms with E-state index in [9.17, 15) is 13.2 Å². The topological polar surface area (TPSA) is 185 Å². The number of nitrogens with one attached hydrogen (secondary N) is 4. The number of hydrogen-bond donors (Lipinski definition) is 6. The molecular formula is C36H53N9O3S. The van der Waals surface area contributed by atoms with E-state index in [0.29, 0.717) is 23.6 Å². The molecule has 2 aromatic carbocycles. The lowest BCUT2D eigenvalue weighted by Crippen LogP contribution is -2.45. The molecule has 0 spiro atoms. The highest BCUT2D eigenvalue weighted by molar-refractivity contribution is 7.89. The van der Waals surface area contributed by atoms with Crippen LogP contribution >= 0.6 is 0 Å². The van der Waals surface area contributed by atoms with Crippen LogP contribution < -0.4 is 32.5 Å². The number of sulfonamides is 1. The second-order valence-corrected chi connectivity index (χ2v) is 16.3. The average Bonchev–Trinajstić information content (AvgIpc) is 3.47. The molecule has 0 radical (unpaired) electrons. The first-order valence-corrected chi connectivity index (χ1v) is 18.3. The van der Waals surface area contributed by atoms with Gasteiger partial charge in [0.2, 0.25) is 10.0 Å². The van der Waals surface area contributed by atoms with Gasteiger partial charge < -0.3 is 27.1 Å². The second kappa shape index (κ2) is 16.1. The smallest absolute Gasteiger partial charge is 0.354 e. The number of fused-ring (bicyclic) bond motifs is 1. The van der Waals surface area contributed by atoms with Crippen LogP contribution in [0.15, 0.2) is 75.5 Å². The average molecular weight is 692 g/mol. The number of nitrogens with two attached hydrogens (primary N) is 2. The van der Waals surface area contributed by atoms with E-state index in [-0.39, 0.29) is 28.5 Å². The van der Waals surface area contributed by atoms with E-state index in [1.807, 2.05) is 42.6 Å². The Morgan fingerprint density at radius 2 is 1.71 bits per heavy atom. The number of rotatable bonds is 10. The molecule has 1 atom stereocenters. The van der Waals surface area contributed by atoms with Crippen LogP contribution in [0.4, 0.5) is 0 Å². The van der Waals surface area contributed by atoms with Gasteiger partial charge in [0.05, 0.1) is 10.6 Å². The summed E-state index contributed by atoms with van der Waals surface area (Å²) in [6.45, 7) is 16.6. The summed E-state index contributed by atoms with van der Waals surface area (Å²) in [7, 11) is -3.41. The Morgan fingerprint density at radius 3 is 2.31 bits per heavy atom. The standard InChI is InChI=1S/C21H29N7O.C15H24N2O2S/c1-21(2,3)17-11-15-13-28(20(29)27-18(15)26-17)16-7-5-14(6-8-16)12-24-9-4-10-25-19(22)23;1-15(2,3)12-6-8-14(9-7-12)20(18,19)17-13-5-4-10-16-11-13/h5-8,11,13,24H,4,9-10,12H2,1-3H3,(H4,22,23,25)(H,26,27,29);6-9,13,16-17H,4-5,10-11H2,1-3H3. The van der Waals surface area contributed by atoms with Crippen LogP contribution in [0, 0.1) is 0 Å². The maximum absolute atomic E-state index is 12.5. The van der Waals surface area contributed by atoms with E-state index in [1.165, 1.54) is 0 Å². The third-order valence-electron chi connectivity index (χ3n) is 8.32. The fourth-order valence-electron chi connectivity index (χ4n) is 5.38. The third kappa shape index (κ3) is 11.0. The van der Waals surface area contributed by atoms with Crippen molar-refractivity contribution in [2.24, 2.45) is 16.5 Å². The minimum absolute atomic E-state index is 0.00366. The Balaban J connectivity index is 0.000000237. The van der Waals surface area contributed by atoms with Gasteiger partial charge in [0.25, 0.3) is 0 Å². The van der Waals surface area contributed by atoms with Crippen molar-refractivity contribution in [3.05, 3.63) is 88.1 Å². The first-order valence-electron chi connectivity index (χ1n) is 16.8. The molecule has 4 aromatic rings. The van der Waals surface area contributed by atoms with Crippen LogP contribution in [0.2, 0.25) is 0 Å². The summed E-state index contributed by atoms with van der Waals surface area (Å²) in [4.78, 5) is 24.2. The predicted molar refractivity (Wildman–Crippen MR) is 199 cm³/mol. The lowest BCUT2D eigenvalue weighted by molar-refractivity contribution is 0.428. The Labute approximate surface area is 290 Å². The molecule has 0 bridgehead atoms. The maximum atomic E-state index is 12.5. The van der Waals surface area contributed by atoms with Gasteiger partial charge in [0.1, 0.15) is 5.65 Å². The molecule has 0 saturated carbocycles. The van der Waals surface area contributed by atoms with Gasteiger partial charge in [-0.1, -0.05) is 65.8 Å². The zero-order valence-electron chi connectivity index (χ0n) is 29.6. The van der Waals surface area contributed by atoms with Gasteiger partial charge >= 0.3 is 5.69 Å². The van der Waals surface area contributed by atoms with E-state index >= 15 is 0 Å². The Hall–Kier alpha value is -4.04. The summed E-state index contributed by atoms with van der Waals surface area (Å²) in [5.74, 6) is 0.123. The van der Waals surface area contributed by atoms with Crippen LogP contribution in [-0.2, 0) is 27.4 Å². The van der Waals surface area contributed by atoms with Crippen molar-refractivity contribution in [1.29, 1.82) is 0 Å². The number of guanidine groups is 1. The highest BCUT2D eigenvalue weighted by atomic mass is 32.2. The van der Waals surface area contributed by atoms with Crippen molar-refractivity contribution in [2.75, 3.05) is 26.2 Å². The van der Waals surface area contributed by atoms with E-state index < -0.39 is 10.0 Å². The van der Waals surface area contributed by atoms with Gasteiger partial charge in [-0.15, -0.1) is 0 Å². The molecule has 1 fully saturated rings. The van der Waals surface area contributed by atoms with E-state index in [4.69, 9.17) is 11.5 Å². The van der Waals surface area contributed by atoms with Crippen LogP contribution in [-0.4, -0.2) is 61.1 Å². The maximum Gasteiger partial charge on any atom is 0.354 e. The summed E-state index contributed by atoms with van der Waals surface area (Å²) in [6.07, 6.45) is 4.61. The largest absolute Gasteiger partial charge is 0.370 e. The number of aliphatic imine (C=N–C) groups is 1.